The van der Waals surface area contributed by atoms with Crippen molar-refractivity contribution >= 4 is 23.2 Å². The van der Waals surface area contributed by atoms with Gasteiger partial charge >= 0.3 is 5.97 Å². The van der Waals surface area contributed by atoms with Gasteiger partial charge in [-0.3, -0.25) is 4.79 Å². The molecule has 2 atom stereocenters. The van der Waals surface area contributed by atoms with Crippen LogP contribution in [0, 0.1) is 0 Å². The molecule has 1 aromatic rings. The van der Waals surface area contributed by atoms with Gasteiger partial charge in [-0.25, -0.2) is 4.79 Å². The first-order valence-electron chi connectivity index (χ1n) is 7.31. The average Bonchev–Trinajstić information content (AvgIpc) is 2.91. The number of nitrogens with one attached hydrogen (secondary N) is 1. The number of carboxylic acid groups (broad SMARTS) is 1. The number of aliphatic hydroxyl groups excluding tert-OH is 1. The smallest absolute Gasteiger partial charge is 0.346 e. The van der Waals surface area contributed by atoms with Gasteiger partial charge in [-0.2, -0.15) is 0 Å². The Morgan fingerprint density at radius 3 is 2.36 bits per heavy atom. The molecule has 6 nitrogen and oxygen atoms in total. The van der Waals surface area contributed by atoms with Gasteiger partial charge in [0.05, 0.1) is 23.6 Å². The van der Waals surface area contributed by atoms with Crippen LogP contribution in [0.1, 0.15) is 50.2 Å². The molecule has 1 amide bonds. The molecule has 1 aromatic heterocycles. The predicted octanol–water partition coefficient (Wildman–Crippen LogP) is 1.45. The van der Waals surface area contributed by atoms with Crippen LogP contribution in [0.4, 0.5) is 0 Å². The topological polar surface area (TPSA) is 95.9 Å². The number of aromatic carboxylic acids is 1. The van der Waals surface area contributed by atoms with Gasteiger partial charge in [0.15, 0.2) is 0 Å². The summed E-state index contributed by atoms with van der Waals surface area (Å²) in [6, 6.07) is -0.521. The Hall–Kier alpha value is -1.44. The summed E-state index contributed by atoms with van der Waals surface area (Å²) in [6.07, 6.45) is 3.01. The van der Waals surface area contributed by atoms with E-state index < -0.39 is 12.0 Å². The third-order valence-corrected chi connectivity index (χ3v) is 5.33. The maximum atomic E-state index is 12.5. The lowest BCUT2D eigenvalue weighted by Gasteiger charge is -2.22. The highest BCUT2D eigenvalue weighted by Gasteiger charge is 2.29. The highest BCUT2D eigenvalue weighted by molar-refractivity contribution is 7.16. The summed E-state index contributed by atoms with van der Waals surface area (Å²) in [6.45, 7) is 1.52. The Morgan fingerprint density at radius 1 is 1.27 bits per heavy atom. The normalized spacial score (nSPS) is 16.7. The van der Waals surface area contributed by atoms with E-state index in [0.717, 1.165) is 41.7 Å². The lowest BCUT2D eigenvalue weighted by Crippen LogP contribution is -2.45. The molecule has 0 bridgehead atoms. The van der Waals surface area contributed by atoms with E-state index in [0.29, 0.717) is 11.3 Å². The number of fused-ring (bicyclic) bond motifs is 1. The van der Waals surface area contributed by atoms with Crippen LogP contribution < -0.4 is 5.32 Å². The summed E-state index contributed by atoms with van der Waals surface area (Å²) >= 11 is 1.03. The average molecular weight is 327 g/mol. The van der Waals surface area contributed by atoms with Crippen LogP contribution >= 0.6 is 11.3 Å². The lowest BCUT2D eigenvalue weighted by molar-refractivity contribution is 0.0525. The molecule has 1 aliphatic rings. The Kier molecular flexibility index (Phi) is 5.55. The number of carbonyl (C=O) groups is 2. The summed E-state index contributed by atoms with van der Waals surface area (Å²) in [4.78, 5) is 24.6. The number of hydrogen-bond acceptors (Lipinski definition) is 5. The third kappa shape index (κ3) is 3.31. The summed E-state index contributed by atoms with van der Waals surface area (Å²) < 4.78 is 5.13. The zero-order valence-electron chi connectivity index (χ0n) is 12.7. The van der Waals surface area contributed by atoms with E-state index in [9.17, 15) is 19.8 Å². The molecule has 0 saturated carbocycles. The van der Waals surface area contributed by atoms with Crippen molar-refractivity contribution in [1.82, 2.24) is 5.32 Å². The Labute approximate surface area is 133 Å². The predicted molar refractivity (Wildman–Crippen MR) is 82.7 cm³/mol. The van der Waals surface area contributed by atoms with Gasteiger partial charge in [0.2, 0.25) is 0 Å². The number of carbonyl (C=O) groups excluding carboxylic acids is 1. The molecule has 2 rings (SSSR count). The quantitative estimate of drug-likeness (QED) is 0.735. The molecule has 0 fully saturated rings. The van der Waals surface area contributed by atoms with Crippen molar-refractivity contribution in [3.63, 3.8) is 0 Å². The molecular formula is C15H21NO5S. The van der Waals surface area contributed by atoms with Crippen molar-refractivity contribution in [3.8, 4) is 0 Å². The number of amides is 1. The number of thiophene rings is 1. The Bertz CT molecular complexity index is 569. The van der Waals surface area contributed by atoms with Crippen molar-refractivity contribution in [2.75, 3.05) is 13.7 Å². The molecule has 0 saturated heterocycles. The van der Waals surface area contributed by atoms with Crippen LogP contribution in [-0.2, 0) is 17.6 Å². The fourth-order valence-corrected chi connectivity index (χ4v) is 3.84. The van der Waals surface area contributed by atoms with Crippen LogP contribution in [0.3, 0.4) is 0 Å². The Morgan fingerprint density at radius 2 is 1.86 bits per heavy atom. The lowest BCUT2D eigenvalue weighted by atomic mass is 9.92. The number of aliphatic hydroxyl groups is 1. The summed E-state index contributed by atoms with van der Waals surface area (Å²) in [5.41, 5.74) is 1.65. The molecule has 0 aromatic carbocycles. The minimum atomic E-state index is -0.980. The SMILES string of the molecule is CO[C@H](C)[C@@H](CO)NC(=O)c1sc(C(=O)O)c2c1CCCC2. The van der Waals surface area contributed by atoms with E-state index in [-0.39, 0.29) is 23.5 Å². The first kappa shape index (κ1) is 16.9. The highest BCUT2D eigenvalue weighted by Crippen LogP contribution is 2.34. The van der Waals surface area contributed by atoms with E-state index in [1.165, 1.54) is 7.11 Å². The van der Waals surface area contributed by atoms with Gasteiger partial charge in [0, 0.05) is 7.11 Å². The van der Waals surface area contributed by atoms with Crippen LogP contribution in [-0.4, -0.2) is 48.0 Å². The number of ether oxygens (including phenoxy) is 1. The van der Waals surface area contributed by atoms with Gasteiger partial charge in [-0.1, -0.05) is 0 Å². The highest BCUT2D eigenvalue weighted by atomic mass is 32.1. The number of methoxy groups -OCH3 is 1. The molecule has 22 heavy (non-hydrogen) atoms. The van der Waals surface area contributed by atoms with Crippen molar-refractivity contribution in [2.45, 2.75) is 44.8 Å². The number of carboxylic acids is 1. The van der Waals surface area contributed by atoms with Crippen molar-refractivity contribution in [3.05, 3.63) is 20.9 Å². The minimum Gasteiger partial charge on any atom is -0.477 e. The van der Waals surface area contributed by atoms with Crippen molar-refractivity contribution in [2.24, 2.45) is 0 Å². The number of hydrogen-bond donors (Lipinski definition) is 3. The van der Waals surface area contributed by atoms with Crippen LogP contribution in [0.2, 0.25) is 0 Å². The zero-order chi connectivity index (χ0) is 16.3. The molecular weight excluding hydrogens is 306 g/mol. The van der Waals surface area contributed by atoms with Crippen molar-refractivity contribution < 1.29 is 24.5 Å². The molecule has 1 aliphatic carbocycles. The first-order chi connectivity index (χ1) is 10.5. The molecule has 0 unspecified atom stereocenters. The molecule has 0 aliphatic heterocycles. The number of rotatable bonds is 6. The van der Waals surface area contributed by atoms with Crippen molar-refractivity contribution in [1.29, 1.82) is 0 Å². The third-order valence-electron chi connectivity index (χ3n) is 4.07. The second kappa shape index (κ2) is 7.21. The minimum absolute atomic E-state index is 0.236. The maximum Gasteiger partial charge on any atom is 0.346 e. The van der Waals surface area contributed by atoms with Crippen LogP contribution in [0.15, 0.2) is 0 Å². The molecule has 0 radical (unpaired) electrons. The summed E-state index contributed by atoms with van der Waals surface area (Å²) in [7, 11) is 1.51. The zero-order valence-corrected chi connectivity index (χ0v) is 13.5. The standard InChI is InChI=1S/C15H21NO5S/c1-8(21-2)11(7-17)16-14(18)12-9-5-3-4-6-10(9)13(22-12)15(19)20/h8,11,17H,3-7H2,1-2H3,(H,16,18)(H,19,20)/t8-,11-/m1/s1. The fourth-order valence-electron chi connectivity index (χ4n) is 2.70. The molecule has 0 spiro atoms. The summed E-state index contributed by atoms with van der Waals surface area (Å²) in [5, 5.41) is 21.4. The van der Waals surface area contributed by atoms with E-state index in [2.05, 4.69) is 5.32 Å². The van der Waals surface area contributed by atoms with Gasteiger partial charge < -0.3 is 20.3 Å². The second-order valence-corrected chi connectivity index (χ2v) is 6.45. The van der Waals surface area contributed by atoms with Gasteiger partial charge in [-0.05, 0) is 43.7 Å². The maximum absolute atomic E-state index is 12.5. The molecule has 122 valence electrons. The van der Waals surface area contributed by atoms with Gasteiger partial charge in [0.25, 0.3) is 5.91 Å². The van der Waals surface area contributed by atoms with E-state index in [1.54, 1.807) is 6.92 Å². The van der Waals surface area contributed by atoms with Crippen LogP contribution in [0.25, 0.3) is 0 Å². The van der Waals surface area contributed by atoms with E-state index >= 15 is 0 Å². The van der Waals surface area contributed by atoms with E-state index in [1.807, 2.05) is 0 Å². The van der Waals surface area contributed by atoms with E-state index in [4.69, 9.17) is 4.74 Å². The van der Waals surface area contributed by atoms with Crippen LogP contribution in [0.5, 0.6) is 0 Å². The fraction of sp³-hybridized carbons (Fsp3) is 0.600. The molecule has 7 heteroatoms. The monoisotopic (exact) mass is 327 g/mol. The summed E-state index contributed by atoms with van der Waals surface area (Å²) in [5.74, 6) is -1.32. The second-order valence-electron chi connectivity index (χ2n) is 5.43. The van der Waals surface area contributed by atoms with Gasteiger partial charge in [0.1, 0.15) is 4.88 Å². The van der Waals surface area contributed by atoms with Gasteiger partial charge in [-0.15, -0.1) is 11.3 Å². The molecule has 3 N–H and O–H groups in total. The molecule has 1 heterocycles. The Balaban J connectivity index is 2.28. The largest absolute Gasteiger partial charge is 0.477 e. The first-order valence-corrected chi connectivity index (χ1v) is 8.13.